The molecule has 0 bridgehead atoms. The Morgan fingerprint density at radius 1 is 1.18 bits per heavy atom. The summed E-state index contributed by atoms with van der Waals surface area (Å²) in [6.07, 6.45) is 0. The van der Waals surface area contributed by atoms with Crippen LogP contribution in [0.3, 0.4) is 0 Å². The number of hydrogen-bond acceptors (Lipinski definition) is 7. The Bertz CT molecular complexity index is 1340. The van der Waals surface area contributed by atoms with E-state index in [1.807, 2.05) is 23.6 Å². The highest BCUT2D eigenvalue weighted by atomic mass is 32.1. The van der Waals surface area contributed by atoms with Gasteiger partial charge in [0.1, 0.15) is 12.4 Å². The van der Waals surface area contributed by atoms with Crippen LogP contribution in [0.5, 0.6) is 5.75 Å². The van der Waals surface area contributed by atoms with E-state index in [-0.39, 0.29) is 17.3 Å². The van der Waals surface area contributed by atoms with E-state index in [0.717, 1.165) is 28.6 Å². The van der Waals surface area contributed by atoms with Crippen molar-refractivity contribution in [3.63, 3.8) is 0 Å². The molecule has 0 radical (unpaired) electrons. The van der Waals surface area contributed by atoms with Crippen LogP contribution in [0.15, 0.2) is 47.8 Å². The highest BCUT2D eigenvalue weighted by Gasteiger charge is 2.18. The number of hydrogen-bond donors (Lipinski definition) is 2. The molecule has 3 heterocycles. The fourth-order valence-electron chi connectivity index (χ4n) is 4.09. The Hall–Kier alpha value is -3.27. The maximum absolute atomic E-state index is 15.3. The number of nitrogens with zero attached hydrogens (tertiary/aromatic N) is 2. The number of carbonyl (C=O) groups is 1. The number of amides is 1. The van der Waals surface area contributed by atoms with Crippen molar-refractivity contribution in [2.45, 2.75) is 0 Å². The SMILES string of the molecule is CNC(=O)c1cccc2c1nc(Nc1cccc(OCCN3CCOCC3)c1F)c1ccsc12. The molecule has 9 heteroatoms. The quantitative estimate of drug-likeness (QED) is 0.408. The molecule has 2 aromatic carbocycles. The number of thiophene rings is 1. The van der Waals surface area contributed by atoms with Gasteiger partial charge in [0.15, 0.2) is 11.6 Å². The lowest BCUT2D eigenvalue weighted by molar-refractivity contribution is 0.0320. The van der Waals surface area contributed by atoms with E-state index < -0.39 is 5.82 Å². The standard InChI is InChI=1S/C25H25FN4O3S/c1-27-25(31)17-5-2-4-16-22(17)29-24(18-8-15-34-23(16)18)28-19-6-3-7-20(21(19)26)33-14-11-30-9-12-32-13-10-30/h2-8,15H,9-14H2,1H3,(H,27,31)(H,28,29). The first kappa shape index (κ1) is 22.5. The van der Waals surface area contributed by atoms with Crippen LogP contribution in [0.1, 0.15) is 10.4 Å². The second-order valence-electron chi connectivity index (χ2n) is 7.95. The van der Waals surface area contributed by atoms with Crippen molar-refractivity contribution < 1.29 is 18.7 Å². The van der Waals surface area contributed by atoms with Crippen molar-refractivity contribution >= 4 is 49.7 Å². The van der Waals surface area contributed by atoms with E-state index in [1.165, 1.54) is 0 Å². The molecule has 0 aliphatic carbocycles. The smallest absolute Gasteiger partial charge is 0.253 e. The molecule has 0 atom stereocenters. The number of aromatic nitrogens is 1. The van der Waals surface area contributed by atoms with E-state index in [2.05, 4.69) is 15.5 Å². The highest BCUT2D eigenvalue weighted by Crippen LogP contribution is 2.37. The summed E-state index contributed by atoms with van der Waals surface area (Å²) in [6, 6.07) is 12.5. The van der Waals surface area contributed by atoms with E-state index in [4.69, 9.17) is 14.5 Å². The van der Waals surface area contributed by atoms with E-state index >= 15 is 4.39 Å². The van der Waals surface area contributed by atoms with Gasteiger partial charge in [-0.3, -0.25) is 9.69 Å². The van der Waals surface area contributed by atoms with Crippen LogP contribution in [0, 0.1) is 5.82 Å². The molecular weight excluding hydrogens is 455 g/mol. The number of morpholine rings is 1. The second kappa shape index (κ2) is 9.92. The van der Waals surface area contributed by atoms with Gasteiger partial charge in [-0.05, 0) is 29.6 Å². The predicted molar refractivity (Wildman–Crippen MR) is 133 cm³/mol. The number of benzene rings is 2. The van der Waals surface area contributed by atoms with E-state index in [9.17, 15) is 4.79 Å². The van der Waals surface area contributed by atoms with Gasteiger partial charge in [-0.2, -0.15) is 0 Å². The lowest BCUT2D eigenvalue weighted by Crippen LogP contribution is -2.38. The van der Waals surface area contributed by atoms with Crippen LogP contribution in [-0.4, -0.2) is 62.3 Å². The summed E-state index contributed by atoms with van der Waals surface area (Å²) in [5.74, 6) is -0.0210. The average molecular weight is 481 g/mol. The molecule has 176 valence electrons. The Morgan fingerprint density at radius 3 is 2.82 bits per heavy atom. The summed E-state index contributed by atoms with van der Waals surface area (Å²) in [5.41, 5.74) is 1.30. The number of ether oxygens (including phenoxy) is 2. The molecule has 34 heavy (non-hydrogen) atoms. The first-order valence-electron chi connectivity index (χ1n) is 11.2. The van der Waals surface area contributed by atoms with Crippen LogP contribution >= 0.6 is 11.3 Å². The Morgan fingerprint density at radius 2 is 2.00 bits per heavy atom. The highest BCUT2D eigenvalue weighted by molar-refractivity contribution is 7.18. The molecule has 1 aliphatic heterocycles. The van der Waals surface area contributed by atoms with Gasteiger partial charge < -0.3 is 20.1 Å². The number of carbonyl (C=O) groups excluding carboxylic acids is 1. The molecule has 4 aromatic rings. The minimum atomic E-state index is -0.477. The molecular formula is C25H25FN4O3S. The number of rotatable bonds is 7. The Labute approximate surface area is 200 Å². The second-order valence-corrected chi connectivity index (χ2v) is 8.87. The summed E-state index contributed by atoms with van der Waals surface area (Å²) < 4.78 is 27.4. The fourth-order valence-corrected chi connectivity index (χ4v) is 5.02. The Balaban J connectivity index is 1.44. The molecule has 7 nitrogen and oxygen atoms in total. The van der Waals surface area contributed by atoms with Gasteiger partial charge in [-0.1, -0.05) is 18.2 Å². The predicted octanol–water partition coefficient (Wildman–Crippen LogP) is 4.40. The molecule has 2 N–H and O–H groups in total. The third-order valence-electron chi connectivity index (χ3n) is 5.88. The molecule has 0 spiro atoms. The largest absolute Gasteiger partial charge is 0.489 e. The van der Waals surface area contributed by atoms with Crippen molar-refractivity contribution in [3.8, 4) is 5.75 Å². The molecule has 1 saturated heterocycles. The summed E-state index contributed by atoms with van der Waals surface area (Å²) in [6.45, 7) is 4.24. The molecule has 0 saturated carbocycles. The third-order valence-corrected chi connectivity index (χ3v) is 6.83. The number of halogens is 1. The van der Waals surface area contributed by atoms with Gasteiger partial charge in [0.25, 0.3) is 5.91 Å². The average Bonchev–Trinajstić information content (AvgIpc) is 3.37. The molecule has 5 rings (SSSR count). The van der Waals surface area contributed by atoms with Crippen molar-refractivity contribution in [2.24, 2.45) is 0 Å². The van der Waals surface area contributed by atoms with E-state index in [0.29, 0.717) is 43.3 Å². The molecule has 1 aliphatic rings. The van der Waals surface area contributed by atoms with Crippen molar-refractivity contribution in [1.82, 2.24) is 15.2 Å². The number of nitrogens with one attached hydrogen (secondary N) is 2. The number of anilines is 2. The van der Waals surface area contributed by atoms with Crippen LogP contribution in [-0.2, 0) is 4.74 Å². The van der Waals surface area contributed by atoms with Gasteiger partial charge in [0.05, 0.1) is 30.0 Å². The van der Waals surface area contributed by atoms with Gasteiger partial charge >= 0.3 is 0 Å². The molecule has 1 amide bonds. The van der Waals surface area contributed by atoms with Crippen LogP contribution in [0.2, 0.25) is 0 Å². The van der Waals surface area contributed by atoms with Crippen molar-refractivity contribution in [2.75, 3.05) is 51.8 Å². The van der Waals surface area contributed by atoms with Gasteiger partial charge in [0.2, 0.25) is 0 Å². The molecule has 2 aromatic heterocycles. The molecule has 1 fully saturated rings. The minimum Gasteiger partial charge on any atom is -0.489 e. The number of para-hydroxylation sites is 1. The third kappa shape index (κ3) is 4.42. The summed E-state index contributed by atoms with van der Waals surface area (Å²) in [7, 11) is 1.59. The monoisotopic (exact) mass is 480 g/mol. The molecule has 0 unspecified atom stereocenters. The van der Waals surface area contributed by atoms with Crippen molar-refractivity contribution in [1.29, 1.82) is 0 Å². The first-order chi connectivity index (χ1) is 16.7. The number of pyridine rings is 1. The summed E-state index contributed by atoms with van der Waals surface area (Å²) >= 11 is 1.56. The zero-order valence-electron chi connectivity index (χ0n) is 18.8. The van der Waals surface area contributed by atoms with Gasteiger partial charge in [-0.25, -0.2) is 9.37 Å². The van der Waals surface area contributed by atoms with Gasteiger partial charge in [0, 0.05) is 42.2 Å². The summed E-state index contributed by atoms with van der Waals surface area (Å²) in [5, 5.41) is 9.52. The zero-order valence-corrected chi connectivity index (χ0v) is 19.6. The van der Waals surface area contributed by atoms with Crippen molar-refractivity contribution in [3.05, 3.63) is 59.2 Å². The summed E-state index contributed by atoms with van der Waals surface area (Å²) in [4.78, 5) is 19.4. The van der Waals surface area contributed by atoms with Crippen LogP contribution in [0.4, 0.5) is 15.9 Å². The number of fused-ring (bicyclic) bond motifs is 3. The lowest BCUT2D eigenvalue weighted by atomic mass is 10.1. The normalized spacial score (nSPS) is 14.4. The van der Waals surface area contributed by atoms with E-state index in [1.54, 1.807) is 42.6 Å². The zero-order chi connectivity index (χ0) is 23.5. The first-order valence-corrected chi connectivity index (χ1v) is 12.0. The Kier molecular flexibility index (Phi) is 6.57. The van der Waals surface area contributed by atoms with Crippen LogP contribution in [0.25, 0.3) is 21.0 Å². The van der Waals surface area contributed by atoms with Gasteiger partial charge in [-0.15, -0.1) is 11.3 Å². The maximum atomic E-state index is 15.3. The topological polar surface area (TPSA) is 75.7 Å². The maximum Gasteiger partial charge on any atom is 0.253 e. The lowest BCUT2D eigenvalue weighted by Gasteiger charge is -2.26. The fraction of sp³-hybridized carbons (Fsp3) is 0.280. The van der Waals surface area contributed by atoms with Crippen LogP contribution < -0.4 is 15.4 Å². The minimum absolute atomic E-state index is 0.187.